The van der Waals surface area contributed by atoms with E-state index in [1.807, 2.05) is 12.1 Å². The third-order valence-corrected chi connectivity index (χ3v) is 3.29. The van der Waals surface area contributed by atoms with Crippen LogP contribution in [0.25, 0.3) is 0 Å². The third-order valence-electron chi connectivity index (χ3n) is 3.29. The highest BCUT2D eigenvalue weighted by Gasteiger charge is 2.32. The molecule has 0 heterocycles. The van der Waals surface area contributed by atoms with Crippen LogP contribution in [-0.4, -0.2) is 32.6 Å². The molecule has 0 amide bonds. The summed E-state index contributed by atoms with van der Waals surface area (Å²) in [6, 6.07) is 12.8. The van der Waals surface area contributed by atoms with Crippen molar-refractivity contribution in [2.45, 2.75) is 12.9 Å². The number of aliphatic imine (C=N–C) groups is 1. The Labute approximate surface area is 154 Å². The van der Waals surface area contributed by atoms with Crippen LogP contribution in [0.1, 0.15) is 5.56 Å². The van der Waals surface area contributed by atoms with Crippen molar-refractivity contribution in [1.82, 2.24) is 0 Å². The minimum Gasteiger partial charge on any atom is -0.491 e. The smallest absolute Gasteiger partial charge is 0.491 e. The molecule has 2 aromatic rings. The number of nitrogens with zero attached hydrogens (tertiary/aromatic N) is 1. The molecule has 2 rings (SSSR count). The molecule has 0 bridgehead atoms. The Bertz CT molecular complexity index is 750. The van der Waals surface area contributed by atoms with E-state index in [9.17, 15) is 13.2 Å². The Morgan fingerprint density at radius 2 is 1.78 bits per heavy atom. The SMILES string of the molecule is COCCOc1ccc(CN=C(N)Nc2ccccc2OC(F)(F)F)cc1. The maximum absolute atomic E-state index is 12.4. The van der Waals surface area contributed by atoms with Crippen molar-refractivity contribution in [3.05, 3.63) is 54.1 Å². The van der Waals surface area contributed by atoms with E-state index in [0.717, 1.165) is 5.56 Å². The van der Waals surface area contributed by atoms with Crippen LogP contribution in [0.5, 0.6) is 11.5 Å². The summed E-state index contributed by atoms with van der Waals surface area (Å²) < 4.78 is 51.6. The summed E-state index contributed by atoms with van der Waals surface area (Å²) >= 11 is 0. The number of methoxy groups -OCH3 is 1. The molecule has 0 unspecified atom stereocenters. The van der Waals surface area contributed by atoms with Gasteiger partial charge in [-0.05, 0) is 29.8 Å². The standard InChI is InChI=1S/C18H20F3N3O3/c1-25-10-11-26-14-8-6-13(7-9-14)12-23-17(22)24-15-4-2-3-5-16(15)27-18(19,20)21/h2-9H,10-12H2,1H3,(H3,22,23,24). The molecule has 0 saturated carbocycles. The molecule has 146 valence electrons. The Balaban J connectivity index is 1.95. The molecule has 0 radical (unpaired) electrons. The zero-order chi connectivity index (χ0) is 19.7. The molecule has 0 aliphatic carbocycles. The van der Waals surface area contributed by atoms with Crippen molar-refractivity contribution in [2.24, 2.45) is 10.7 Å². The Kier molecular flexibility index (Phi) is 7.30. The lowest BCUT2D eigenvalue weighted by Gasteiger charge is -2.14. The van der Waals surface area contributed by atoms with Crippen LogP contribution >= 0.6 is 0 Å². The Hall–Kier alpha value is -2.94. The van der Waals surface area contributed by atoms with Crippen LogP contribution in [0.3, 0.4) is 0 Å². The van der Waals surface area contributed by atoms with Crippen molar-refractivity contribution < 1.29 is 27.4 Å². The van der Waals surface area contributed by atoms with Crippen LogP contribution in [0.15, 0.2) is 53.5 Å². The van der Waals surface area contributed by atoms with Crippen molar-refractivity contribution >= 4 is 11.6 Å². The van der Waals surface area contributed by atoms with Crippen LogP contribution in [0.2, 0.25) is 0 Å². The van der Waals surface area contributed by atoms with Gasteiger partial charge in [0.25, 0.3) is 0 Å². The molecule has 0 aliphatic rings. The predicted molar refractivity (Wildman–Crippen MR) is 95.9 cm³/mol. The number of nitrogens with two attached hydrogens (primary N) is 1. The minimum atomic E-state index is -4.79. The second-order valence-corrected chi connectivity index (χ2v) is 5.36. The maximum atomic E-state index is 12.4. The van der Waals surface area contributed by atoms with E-state index in [2.05, 4.69) is 15.0 Å². The number of ether oxygens (including phenoxy) is 3. The Morgan fingerprint density at radius 3 is 2.44 bits per heavy atom. The number of hydrogen-bond donors (Lipinski definition) is 2. The number of guanidine groups is 1. The van der Waals surface area contributed by atoms with E-state index < -0.39 is 6.36 Å². The average molecular weight is 383 g/mol. The third kappa shape index (κ3) is 7.45. The summed E-state index contributed by atoms with van der Waals surface area (Å²) in [6.07, 6.45) is -4.79. The fourth-order valence-electron chi connectivity index (χ4n) is 2.07. The molecule has 27 heavy (non-hydrogen) atoms. The lowest BCUT2D eigenvalue weighted by molar-refractivity contribution is -0.274. The van der Waals surface area contributed by atoms with Gasteiger partial charge in [-0.3, -0.25) is 0 Å². The molecule has 3 N–H and O–H groups in total. The zero-order valence-electron chi connectivity index (χ0n) is 14.6. The summed E-state index contributed by atoms with van der Waals surface area (Å²) in [5, 5.41) is 2.61. The van der Waals surface area contributed by atoms with Crippen LogP contribution in [0, 0.1) is 0 Å². The number of para-hydroxylation sites is 2. The van der Waals surface area contributed by atoms with Gasteiger partial charge in [-0.1, -0.05) is 24.3 Å². The summed E-state index contributed by atoms with van der Waals surface area (Å²) in [6.45, 7) is 1.19. The molecular formula is C18H20F3N3O3. The average Bonchev–Trinajstić information content (AvgIpc) is 2.62. The van der Waals surface area contributed by atoms with Gasteiger partial charge >= 0.3 is 6.36 Å². The van der Waals surface area contributed by atoms with E-state index >= 15 is 0 Å². The fourth-order valence-corrected chi connectivity index (χ4v) is 2.07. The van der Waals surface area contributed by atoms with Crippen molar-refractivity contribution in [1.29, 1.82) is 0 Å². The highest BCUT2D eigenvalue weighted by Crippen LogP contribution is 2.29. The second-order valence-electron chi connectivity index (χ2n) is 5.36. The van der Waals surface area contributed by atoms with Gasteiger partial charge in [0.15, 0.2) is 11.7 Å². The topological polar surface area (TPSA) is 78.1 Å². The molecule has 0 saturated heterocycles. The number of benzene rings is 2. The summed E-state index contributed by atoms with van der Waals surface area (Å²) in [5.74, 6) is 0.276. The molecule has 9 heteroatoms. The molecule has 0 fully saturated rings. The first-order valence-electron chi connectivity index (χ1n) is 8.00. The van der Waals surface area contributed by atoms with E-state index in [1.54, 1.807) is 25.3 Å². The zero-order valence-corrected chi connectivity index (χ0v) is 14.6. The van der Waals surface area contributed by atoms with Gasteiger partial charge in [0, 0.05) is 7.11 Å². The number of nitrogens with one attached hydrogen (secondary N) is 1. The normalized spacial score (nSPS) is 11.9. The van der Waals surface area contributed by atoms with Crippen LogP contribution in [-0.2, 0) is 11.3 Å². The highest BCUT2D eigenvalue weighted by molar-refractivity contribution is 5.93. The number of halogens is 3. The van der Waals surface area contributed by atoms with E-state index in [0.29, 0.717) is 19.0 Å². The molecule has 0 aliphatic heterocycles. The van der Waals surface area contributed by atoms with Crippen LogP contribution < -0.4 is 20.5 Å². The van der Waals surface area contributed by atoms with Crippen molar-refractivity contribution in [2.75, 3.05) is 25.6 Å². The van der Waals surface area contributed by atoms with Gasteiger partial charge < -0.3 is 25.3 Å². The van der Waals surface area contributed by atoms with Gasteiger partial charge in [-0.2, -0.15) is 0 Å². The summed E-state index contributed by atoms with van der Waals surface area (Å²) in [7, 11) is 1.59. The molecule has 0 aromatic heterocycles. The van der Waals surface area contributed by atoms with E-state index in [1.165, 1.54) is 18.2 Å². The second kappa shape index (κ2) is 9.67. The number of alkyl halides is 3. The number of hydrogen-bond acceptors (Lipinski definition) is 4. The van der Waals surface area contributed by atoms with Gasteiger partial charge in [0.1, 0.15) is 12.4 Å². The molecule has 0 atom stereocenters. The number of anilines is 1. The lowest BCUT2D eigenvalue weighted by atomic mass is 10.2. The van der Waals surface area contributed by atoms with Gasteiger partial charge in [0.2, 0.25) is 0 Å². The maximum Gasteiger partial charge on any atom is 0.573 e. The van der Waals surface area contributed by atoms with Gasteiger partial charge in [0.05, 0.1) is 18.8 Å². The molecule has 2 aromatic carbocycles. The lowest BCUT2D eigenvalue weighted by Crippen LogP contribution is -2.24. The predicted octanol–water partition coefficient (Wildman–Crippen LogP) is 3.54. The first kappa shape index (κ1) is 20.4. The van der Waals surface area contributed by atoms with Gasteiger partial charge in [-0.25, -0.2) is 4.99 Å². The van der Waals surface area contributed by atoms with Crippen LogP contribution in [0.4, 0.5) is 18.9 Å². The van der Waals surface area contributed by atoms with Crippen molar-refractivity contribution in [3.63, 3.8) is 0 Å². The quantitative estimate of drug-likeness (QED) is 0.414. The van der Waals surface area contributed by atoms with E-state index in [-0.39, 0.29) is 23.9 Å². The monoisotopic (exact) mass is 383 g/mol. The summed E-state index contributed by atoms with van der Waals surface area (Å²) in [4.78, 5) is 4.12. The molecule has 6 nitrogen and oxygen atoms in total. The summed E-state index contributed by atoms with van der Waals surface area (Å²) in [5.41, 5.74) is 6.69. The molecule has 0 spiro atoms. The van der Waals surface area contributed by atoms with Crippen molar-refractivity contribution in [3.8, 4) is 11.5 Å². The fraction of sp³-hybridized carbons (Fsp3) is 0.278. The van der Waals surface area contributed by atoms with Gasteiger partial charge in [-0.15, -0.1) is 13.2 Å². The Morgan fingerprint density at radius 1 is 1.07 bits per heavy atom. The molecular weight excluding hydrogens is 363 g/mol. The first-order chi connectivity index (χ1) is 12.9. The number of rotatable bonds is 8. The van der Waals surface area contributed by atoms with E-state index in [4.69, 9.17) is 15.2 Å². The highest BCUT2D eigenvalue weighted by atomic mass is 19.4. The largest absolute Gasteiger partial charge is 0.573 e. The minimum absolute atomic E-state index is 0.0337. The first-order valence-corrected chi connectivity index (χ1v) is 8.00.